The lowest BCUT2D eigenvalue weighted by Crippen LogP contribution is -2.19. The molecular weight excluding hydrogens is 226 g/mol. The van der Waals surface area contributed by atoms with Crippen LogP contribution >= 0.6 is 0 Å². The van der Waals surface area contributed by atoms with Crippen LogP contribution in [0.5, 0.6) is 0 Å². The zero-order chi connectivity index (χ0) is 13.5. The fraction of sp³-hybridized carbons (Fsp3) is 0.571. The van der Waals surface area contributed by atoms with Crippen molar-refractivity contribution in [3.63, 3.8) is 0 Å². The van der Waals surface area contributed by atoms with Crippen molar-refractivity contribution in [1.82, 2.24) is 14.6 Å². The summed E-state index contributed by atoms with van der Waals surface area (Å²) in [5, 5.41) is 3.07. The highest BCUT2D eigenvalue weighted by molar-refractivity contribution is 5.42. The highest BCUT2D eigenvalue weighted by Crippen LogP contribution is 2.21. The van der Waals surface area contributed by atoms with Gasteiger partial charge in [0.25, 0.3) is 5.56 Å². The molecule has 0 radical (unpaired) electrons. The van der Waals surface area contributed by atoms with Crippen LogP contribution in [0.4, 0.5) is 0 Å². The lowest BCUT2D eigenvalue weighted by atomic mass is 9.88. The molecule has 0 aliphatic rings. The third kappa shape index (κ3) is 2.47. The van der Waals surface area contributed by atoms with Crippen LogP contribution in [0.15, 0.2) is 16.9 Å². The summed E-state index contributed by atoms with van der Waals surface area (Å²) in [6.45, 7) is 10.6. The van der Waals surface area contributed by atoms with Gasteiger partial charge in [0.1, 0.15) is 5.82 Å². The predicted octanol–water partition coefficient (Wildman–Crippen LogP) is 2.52. The Balaban J connectivity index is 2.56. The Hall–Kier alpha value is -1.58. The minimum atomic E-state index is -0.0417. The van der Waals surface area contributed by atoms with Gasteiger partial charge in [-0.2, -0.15) is 0 Å². The largest absolute Gasteiger partial charge is 0.276 e. The fourth-order valence-electron chi connectivity index (χ4n) is 1.95. The first-order valence-corrected chi connectivity index (χ1v) is 6.39. The molecule has 18 heavy (non-hydrogen) atoms. The van der Waals surface area contributed by atoms with E-state index in [-0.39, 0.29) is 11.0 Å². The number of fused-ring (bicyclic) bond motifs is 1. The van der Waals surface area contributed by atoms with E-state index < -0.39 is 0 Å². The van der Waals surface area contributed by atoms with E-state index in [0.717, 1.165) is 17.8 Å². The van der Waals surface area contributed by atoms with Gasteiger partial charge in [-0.3, -0.25) is 9.89 Å². The molecule has 0 unspecified atom stereocenters. The molecule has 0 bridgehead atoms. The summed E-state index contributed by atoms with van der Waals surface area (Å²) >= 11 is 0. The van der Waals surface area contributed by atoms with E-state index in [1.807, 2.05) is 6.07 Å². The molecule has 4 heteroatoms. The van der Waals surface area contributed by atoms with Gasteiger partial charge in [-0.1, -0.05) is 34.6 Å². The van der Waals surface area contributed by atoms with Crippen molar-refractivity contribution < 1.29 is 0 Å². The molecular formula is C14H21N3O. The summed E-state index contributed by atoms with van der Waals surface area (Å²) in [4.78, 5) is 16.5. The van der Waals surface area contributed by atoms with E-state index in [0.29, 0.717) is 11.6 Å². The Labute approximate surface area is 107 Å². The zero-order valence-electron chi connectivity index (χ0n) is 11.7. The third-order valence-corrected chi connectivity index (χ3v) is 2.97. The fourth-order valence-corrected chi connectivity index (χ4v) is 1.95. The molecule has 1 N–H and O–H groups in total. The van der Waals surface area contributed by atoms with Crippen LogP contribution in [0.25, 0.3) is 5.65 Å². The summed E-state index contributed by atoms with van der Waals surface area (Å²) in [5.74, 6) is 1.39. The smallest absolute Gasteiger partial charge is 0.271 e. The van der Waals surface area contributed by atoms with Crippen LogP contribution in [0.1, 0.15) is 46.0 Å². The average molecular weight is 247 g/mol. The molecule has 0 atom stereocenters. The molecule has 0 fully saturated rings. The Morgan fingerprint density at radius 3 is 2.56 bits per heavy atom. The molecule has 0 aliphatic carbocycles. The van der Waals surface area contributed by atoms with Crippen molar-refractivity contribution in [3.8, 4) is 0 Å². The molecule has 2 rings (SSSR count). The van der Waals surface area contributed by atoms with Crippen LogP contribution in [0.2, 0.25) is 0 Å². The minimum absolute atomic E-state index is 0.0366. The molecule has 0 saturated carbocycles. The molecule has 0 spiro atoms. The van der Waals surface area contributed by atoms with Crippen molar-refractivity contribution in [2.75, 3.05) is 0 Å². The van der Waals surface area contributed by atoms with E-state index in [1.165, 1.54) is 4.52 Å². The average Bonchev–Trinajstić information content (AvgIpc) is 2.58. The standard InChI is InChI=1S/C14H21N3O/c1-9(2)6-11-15-12-7-10(14(3,4)5)8-13(18)17(12)16-11/h7-9H,6H2,1-5H3,(H,15,16). The molecule has 4 nitrogen and oxygen atoms in total. The van der Waals surface area contributed by atoms with Crippen molar-refractivity contribution in [1.29, 1.82) is 0 Å². The van der Waals surface area contributed by atoms with Crippen LogP contribution < -0.4 is 5.56 Å². The van der Waals surface area contributed by atoms with Crippen molar-refractivity contribution in [3.05, 3.63) is 33.9 Å². The van der Waals surface area contributed by atoms with E-state index in [4.69, 9.17) is 0 Å². The molecule has 98 valence electrons. The Bertz CT molecular complexity index is 614. The van der Waals surface area contributed by atoms with Crippen LogP contribution in [0.3, 0.4) is 0 Å². The van der Waals surface area contributed by atoms with E-state index in [2.05, 4.69) is 44.7 Å². The highest BCUT2D eigenvalue weighted by Gasteiger charge is 2.16. The normalized spacial score (nSPS) is 12.6. The quantitative estimate of drug-likeness (QED) is 0.886. The predicted molar refractivity (Wildman–Crippen MR) is 73.1 cm³/mol. The highest BCUT2D eigenvalue weighted by atomic mass is 16.1. The van der Waals surface area contributed by atoms with Gasteiger partial charge in [0.2, 0.25) is 0 Å². The molecule has 0 saturated heterocycles. The Morgan fingerprint density at radius 2 is 2.00 bits per heavy atom. The van der Waals surface area contributed by atoms with Crippen LogP contribution in [-0.4, -0.2) is 14.6 Å². The first kappa shape index (κ1) is 12.9. The number of nitrogens with zero attached hydrogens (tertiary/aromatic N) is 2. The van der Waals surface area contributed by atoms with E-state index >= 15 is 0 Å². The lowest BCUT2D eigenvalue weighted by Gasteiger charge is -2.18. The Kier molecular flexibility index (Phi) is 3.05. The maximum absolute atomic E-state index is 12.0. The minimum Gasteiger partial charge on any atom is -0.276 e. The first-order chi connectivity index (χ1) is 8.27. The van der Waals surface area contributed by atoms with Gasteiger partial charge in [0.05, 0.1) is 0 Å². The van der Waals surface area contributed by atoms with Crippen molar-refractivity contribution >= 4 is 5.65 Å². The van der Waals surface area contributed by atoms with Crippen LogP contribution in [-0.2, 0) is 11.8 Å². The molecule has 2 aromatic rings. The molecule has 2 heterocycles. The second-order valence-electron chi connectivity index (χ2n) is 6.29. The van der Waals surface area contributed by atoms with Gasteiger partial charge in [-0.05, 0) is 23.0 Å². The first-order valence-electron chi connectivity index (χ1n) is 6.39. The summed E-state index contributed by atoms with van der Waals surface area (Å²) < 4.78 is 1.52. The maximum atomic E-state index is 12.0. The van der Waals surface area contributed by atoms with E-state index in [9.17, 15) is 4.79 Å². The second kappa shape index (κ2) is 4.26. The number of aromatic amines is 1. The number of aromatic nitrogens is 3. The van der Waals surface area contributed by atoms with Crippen LogP contribution in [0, 0.1) is 5.92 Å². The second-order valence-corrected chi connectivity index (χ2v) is 6.29. The molecule has 0 aromatic carbocycles. The van der Waals surface area contributed by atoms with Gasteiger partial charge in [0, 0.05) is 12.5 Å². The van der Waals surface area contributed by atoms with Crippen molar-refractivity contribution in [2.45, 2.75) is 46.5 Å². The third-order valence-electron chi connectivity index (χ3n) is 2.97. The van der Waals surface area contributed by atoms with Gasteiger partial charge < -0.3 is 0 Å². The maximum Gasteiger partial charge on any atom is 0.271 e. The summed E-state index contributed by atoms with van der Waals surface area (Å²) in [6, 6.07) is 3.67. The van der Waals surface area contributed by atoms with Gasteiger partial charge in [0.15, 0.2) is 5.65 Å². The molecule has 0 amide bonds. The zero-order valence-corrected chi connectivity index (χ0v) is 11.7. The van der Waals surface area contributed by atoms with Gasteiger partial charge >= 0.3 is 0 Å². The number of H-pyrrole nitrogens is 1. The SMILES string of the molecule is CC(C)Cc1nc2cc(C(C)(C)C)cc(=O)n2[nH]1. The number of nitrogens with one attached hydrogen (secondary N) is 1. The van der Waals surface area contributed by atoms with E-state index in [1.54, 1.807) is 6.07 Å². The summed E-state index contributed by atoms with van der Waals surface area (Å²) in [7, 11) is 0. The molecule has 0 aliphatic heterocycles. The van der Waals surface area contributed by atoms with Gasteiger partial charge in [-0.15, -0.1) is 0 Å². The number of pyridine rings is 1. The summed E-state index contributed by atoms with van der Waals surface area (Å²) in [5.41, 5.74) is 1.66. The Morgan fingerprint density at radius 1 is 1.33 bits per heavy atom. The topological polar surface area (TPSA) is 50.2 Å². The summed E-state index contributed by atoms with van der Waals surface area (Å²) in [6.07, 6.45) is 0.853. The number of hydrogen-bond donors (Lipinski definition) is 1. The molecule has 2 aromatic heterocycles. The number of hydrogen-bond acceptors (Lipinski definition) is 2. The monoisotopic (exact) mass is 247 g/mol. The van der Waals surface area contributed by atoms with Crippen molar-refractivity contribution in [2.24, 2.45) is 5.92 Å². The van der Waals surface area contributed by atoms with Gasteiger partial charge in [-0.25, -0.2) is 9.50 Å². The lowest BCUT2D eigenvalue weighted by molar-refractivity contribution is 0.588. The number of rotatable bonds is 2.